The minimum atomic E-state index is -0.323. The van der Waals surface area contributed by atoms with Gasteiger partial charge in [0.15, 0.2) is 0 Å². The van der Waals surface area contributed by atoms with E-state index in [4.69, 9.17) is 0 Å². The van der Waals surface area contributed by atoms with Crippen LogP contribution in [0.15, 0.2) is 48.5 Å². The number of rotatable bonds is 5. The fourth-order valence-electron chi connectivity index (χ4n) is 2.15. The summed E-state index contributed by atoms with van der Waals surface area (Å²) in [6.45, 7) is 0. The van der Waals surface area contributed by atoms with Gasteiger partial charge in [0.2, 0.25) is 5.91 Å². The van der Waals surface area contributed by atoms with E-state index >= 15 is 0 Å². The van der Waals surface area contributed by atoms with Crippen LogP contribution in [0.2, 0.25) is 0 Å². The van der Waals surface area contributed by atoms with Crippen LogP contribution in [0.25, 0.3) is 0 Å². The normalized spacial score (nSPS) is 13.8. The van der Waals surface area contributed by atoms with Crippen molar-refractivity contribution < 1.29 is 9.18 Å². The van der Waals surface area contributed by atoms with Crippen LogP contribution >= 0.6 is 0 Å². The van der Waals surface area contributed by atoms with Gasteiger partial charge in [0.1, 0.15) is 5.82 Å². The Morgan fingerprint density at radius 1 is 1.10 bits per heavy atom. The molecule has 108 valence electrons. The summed E-state index contributed by atoms with van der Waals surface area (Å²) in [6.07, 6.45) is 2.62. The molecule has 3 rings (SSSR count). The zero-order valence-corrected chi connectivity index (χ0v) is 11.6. The molecule has 0 heterocycles. The molecule has 4 heteroatoms. The van der Waals surface area contributed by atoms with E-state index in [2.05, 4.69) is 10.6 Å². The van der Waals surface area contributed by atoms with Crippen LogP contribution in [0, 0.1) is 5.82 Å². The third-order valence-corrected chi connectivity index (χ3v) is 3.37. The number of nitrogens with one attached hydrogen (secondary N) is 2. The molecule has 1 aliphatic carbocycles. The summed E-state index contributed by atoms with van der Waals surface area (Å²) in [4.78, 5) is 11.9. The monoisotopic (exact) mass is 284 g/mol. The fraction of sp³-hybridized carbons (Fsp3) is 0.235. The molecule has 0 aliphatic heterocycles. The Balaban J connectivity index is 1.56. The van der Waals surface area contributed by atoms with Gasteiger partial charge in [-0.3, -0.25) is 4.79 Å². The van der Waals surface area contributed by atoms with Crippen molar-refractivity contribution in [1.29, 1.82) is 0 Å². The molecular weight excluding hydrogens is 267 g/mol. The van der Waals surface area contributed by atoms with E-state index in [0.29, 0.717) is 11.6 Å². The first-order valence-corrected chi connectivity index (χ1v) is 7.10. The van der Waals surface area contributed by atoms with Crippen molar-refractivity contribution in [3.63, 3.8) is 0 Å². The Bertz CT molecular complexity index is 635. The van der Waals surface area contributed by atoms with Crippen molar-refractivity contribution in [2.24, 2.45) is 0 Å². The number of anilines is 2. The first kappa shape index (κ1) is 13.6. The number of amides is 1. The number of hydrogen-bond donors (Lipinski definition) is 2. The summed E-state index contributed by atoms with van der Waals surface area (Å²) in [6, 6.07) is 14.4. The second-order valence-electron chi connectivity index (χ2n) is 5.35. The molecule has 1 saturated carbocycles. The van der Waals surface area contributed by atoms with Crippen molar-refractivity contribution in [2.75, 3.05) is 10.6 Å². The highest BCUT2D eigenvalue weighted by molar-refractivity contribution is 5.92. The molecule has 0 spiro atoms. The zero-order chi connectivity index (χ0) is 14.7. The maximum absolute atomic E-state index is 13.1. The van der Waals surface area contributed by atoms with E-state index in [0.717, 1.165) is 11.4 Å². The average Bonchev–Trinajstić information content (AvgIpc) is 3.25. The lowest BCUT2D eigenvalue weighted by Crippen LogP contribution is -2.14. The van der Waals surface area contributed by atoms with Gasteiger partial charge in [0.25, 0.3) is 0 Å². The molecular formula is C17H17FN2O. The van der Waals surface area contributed by atoms with E-state index in [1.807, 2.05) is 24.3 Å². The molecule has 21 heavy (non-hydrogen) atoms. The molecule has 0 saturated heterocycles. The topological polar surface area (TPSA) is 41.1 Å². The minimum absolute atomic E-state index is 0.150. The summed E-state index contributed by atoms with van der Waals surface area (Å²) in [5.41, 5.74) is 2.48. The lowest BCUT2D eigenvalue weighted by Gasteiger charge is -2.08. The van der Waals surface area contributed by atoms with Crippen LogP contribution in [0.1, 0.15) is 18.4 Å². The van der Waals surface area contributed by atoms with Gasteiger partial charge in [-0.2, -0.15) is 0 Å². The van der Waals surface area contributed by atoms with Crippen molar-refractivity contribution in [1.82, 2.24) is 0 Å². The summed E-state index contributed by atoms with van der Waals surface area (Å²) in [5.74, 6) is -0.473. The summed E-state index contributed by atoms with van der Waals surface area (Å²) in [5, 5.41) is 6.20. The van der Waals surface area contributed by atoms with E-state index in [1.54, 1.807) is 12.1 Å². The molecule has 0 radical (unpaired) electrons. The molecule has 0 aromatic heterocycles. The van der Waals surface area contributed by atoms with Crippen LogP contribution in [0.4, 0.5) is 15.8 Å². The Hall–Kier alpha value is -2.36. The number of halogens is 1. The van der Waals surface area contributed by atoms with E-state index in [1.165, 1.54) is 25.0 Å². The third-order valence-electron chi connectivity index (χ3n) is 3.37. The van der Waals surface area contributed by atoms with Crippen LogP contribution < -0.4 is 10.6 Å². The van der Waals surface area contributed by atoms with Gasteiger partial charge in [-0.25, -0.2) is 4.39 Å². The quantitative estimate of drug-likeness (QED) is 0.881. The smallest absolute Gasteiger partial charge is 0.228 e. The van der Waals surface area contributed by atoms with E-state index in [-0.39, 0.29) is 18.1 Å². The number of hydrogen-bond acceptors (Lipinski definition) is 2. The summed E-state index contributed by atoms with van der Waals surface area (Å²) in [7, 11) is 0. The molecule has 3 nitrogen and oxygen atoms in total. The van der Waals surface area contributed by atoms with Crippen LogP contribution in [0.3, 0.4) is 0 Å². The molecule has 0 unspecified atom stereocenters. The largest absolute Gasteiger partial charge is 0.382 e. The second kappa shape index (κ2) is 5.95. The lowest BCUT2D eigenvalue weighted by atomic mass is 10.1. The van der Waals surface area contributed by atoms with Gasteiger partial charge < -0.3 is 10.6 Å². The zero-order valence-electron chi connectivity index (χ0n) is 11.6. The summed E-state index contributed by atoms with van der Waals surface area (Å²) >= 11 is 0. The molecule has 1 aliphatic rings. The van der Waals surface area contributed by atoms with Crippen molar-refractivity contribution >= 4 is 17.3 Å². The Morgan fingerprint density at radius 2 is 1.81 bits per heavy atom. The van der Waals surface area contributed by atoms with Gasteiger partial charge in [-0.1, -0.05) is 12.1 Å². The SMILES string of the molecule is O=C(Cc1cccc(F)c1)Nc1ccc(NC2CC2)cc1. The van der Waals surface area contributed by atoms with Gasteiger partial charge in [-0.15, -0.1) is 0 Å². The predicted molar refractivity (Wildman–Crippen MR) is 81.8 cm³/mol. The third kappa shape index (κ3) is 4.05. The number of carbonyl (C=O) groups excluding carboxylic acids is 1. The van der Waals surface area contributed by atoms with Crippen molar-refractivity contribution in [2.45, 2.75) is 25.3 Å². The molecule has 2 aromatic rings. The van der Waals surface area contributed by atoms with Gasteiger partial charge in [0.05, 0.1) is 6.42 Å². The lowest BCUT2D eigenvalue weighted by molar-refractivity contribution is -0.115. The average molecular weight is 284 g/mol. The predicted octanol–water partition coefficient (Wildman–Crippen LogP) is 3.58. The maximum Gasteiger partial charge on any atom is 0.228 e. The highest BCUT2D eigenvalue weighted by Gasteiger charge is 2.20. The Kier molecular flexibility index (Phi) is 3.86. The molecule has 2 N–H and O–H groups in total. The van der Waals surface area contributed by atoms with Crippen LogP contribution in [-0.4, -0.2) is 11.9 Å². The molecule has 1 fully saturated rings. The van der Waals surface area contributed by atoms with E-state index in [9.17, 15) is 9.18 Å². The van der Waals surface area contributed by atoms with Gasteiger partial charge in [-0.05, 0) is 54.8 Å². The molecule has 1 amide bonds. The Morgan fingerprint density at radius 3 is 2.48 bits per heavy atom. The fourth-order valence-corrected chi connectivity index (χ4v) is 2.15. The summed E-state index contributed by atoms with van der Waals surface area (Å²) < 4.78 is 13.1. The van der Waals surface area contributed by atoms with Crippen molar-refractivity contribution in [3.05, 3.63) is 59.9 Å². The van der Waals surface area contributed by atoms with Gasteiger partial charge >= 0.3 is 0 Å². The maximum atomic E-state index is 13.1. The van der Waals surface area contributed by atoms with Crippen molar-refractivity contribution in [3.8, 4) is 0 Å². The molecule has 0 atom stereocenters. The Labute approximate surface area is 123 Å². The highest BCUT2D eigenvalue weighted by atomic mass is 19.1. The second-order valence-corrected chi connectivity index (χ2v) is 5.35. The van der Waals surface area contributed by atoms with Crippen LogP contribution in [0.5, 0.6) is 0 Å². The first-order valence-electron chi connectivity index (χ1n) is 7.10. The minimum Gasteiger partial charge on any atom is -0.382 e. The highest BCUT2D eigenvalue weighted by Crippen LogP contribution is 2.25. The number of benzene rings is 2. The number of carbonyl (C=O) groups is 1. The first-order chi connectivity index (χ1) is 10.2. The molecule has 0 bridgehead atoms. The van der Waals surface area contributed by atoms with E-state index < -0.39 is 0 Å². The molecule has 2 aromatic carbocycles. The van der Waals surface area contributed by atoms with Crippen LogP contribution in [-0.2, 0) is 11.2 Å². The standard InChI is InChI=1S/C17H17FN2O/c18-13-3-1-2-12(10-13)11-17(21)20-16-8-6-15(7-9-16)19-14-4-5-14/h1-3,6-10,14,19H,4-5,11H2,(H,20,21). The van der Waals surface area contributed by atoms with Gasteiger partial charge in [0, 0.05) is 17.4 Å².